The van der Waals surface area contributed by atoms with E-state index in [9.17, 15) is 0 Å². The highest BCUT2D eigenvalue weighted by atomic mass is 31.1. The summed E-state index contributed by atoms with van der Waals surface area (Å²) in [7, 11) is -0.694. The summed E-state index contributed by atoms with van der Waals surface area (Å²) in [6.45, 7) is 0. The summed E-state index contributed by atoms with van der Waals surface area (Å²) in [6.07, 6.45) is 8.39. The van der Waals surface area contributed by atoms with Crippen molar-refractivity contribution in [2.24, 2.45) is 11.8 Å². The molecule has 2 saturated carbocycles. The third kappa shape index (κ3) is 4.96. The second-order valence-electron chi connectivity index (χ2n) is 10.4. The topological polar surface area (TPSA) is 0 Å². The normalized spacial score (nSPS) is 23.9. The first-order chi connectivity index (χ1) is 17.9. The van der Waals surface area contributed by atoms with Crippen LogP contribution in [0.2, 0.25) is 0 Å². The molecule has 0 aromatic heterocycles. The molecule has 0 radical (unpaired) electrons. The van der Waals surface area contributed by atoms with E-state index >= 15 is 0 Å². The van der Waals surface area contributed by atoms with Crippen molar-refractivity contribution in [3.8, 4) is 0 Å². The summed E-state index contributed by atoms with van der Waals surface area (Å²) in [5.41, 5.74) is 1.58. The zero-order chi connectivity index (χ0) is 24.2. The monoisotopic (exact) mass is 506 g/mol. The molecule has 0 nitrogen and oxygen atoms in total. The first kappa shape index (κ1) is 24.1. The van der Waals surface area contributed by atoms with Gasteiger partial charge in [-0.3, -0.25) is 0 Å². The standard InChI is InChI=1S/C34H36P2/c1-5-15-27(16-6-1)35(28-17-7-2-8-18-28)33-25-13-23-31(33)32-24-14-26-34(32)36(29-19-9-3-10-20-29)30-21-11-4-12-22-30/h1-12,15-22,31-34H,13-14,23-26H2/t31-,32-,33-,34-/m0/s1. The van der Waals surface area contributed by atoms with Crippen LogP contribution in [0.25, 0.3) is 0 Å². The van der Waals surface area contributed by atoms with Gasteiger partial charge in [-0.1, -0.05) is 134 Å². The molecule has 4 atom stereocenters. The maximum absolute atomic E-state index is 2.40. The van der Waals surface area contributed by atoms with E-state index in [2.05, 4.69) is 121 Å². The number of hydrogen-bond donors (Lipinski definition) is 0. The van der Waals surface area contributed by atoms with E-state index in [1.54, 1.807) is 21.2 Å². The van der Waals surface area contributed by atoms with E-state index < -0.39 is 0 Å². The molecule has 2 heteroatoms. The van der Waals surface area contributed by atoms with Crippen LogP contribution < -0.4 is 21.2 Å². The lowest BCUT2D eigenvalue weighted by atomic mass is 9.89. The average Bonchev–Trinajstić information content (AvgIpc) is 3.62. The number of hydrogen-bond acceptors (Lipinski definition) is 0. The molecule has 4 aromatic rings. The van der Waals surface area contributed by atoms with Crippen molar-refractivity contribution in [2.75, 3.05) is 0 Å². The first-order valence-corrected chi connectivity index (χ1v) is 16.5. The fourth-order valence-corrected chi connectivity index (χ4v) is 13.5. The molecule has 182 valence electrons. The van der Waals surface area contributed by atoms with Crippen molar-refractivity contribution in [1.82, 2.24) is 0 Å². The molecule has 0 unspecified atom stereocenters. The second-order valence-corrected chi connectivity index (χ2v) is 15.3. The van der Waals surface area contributed by atoms with E-state index in [1.807, 2.05) is 0 Å². The smallest absolute Gasteiger partial charge is 0.00976 e. The number of rotatable bonds is 7. The van der Waals surface area contributed by atoms with Gasteiger partial charge < -0.3 is 0 Å². The molecule has 4 aromatic carbocycles. The molecular formula is C34H36P2. The largest absolute Gasteiger partial charge is 0.0622 e. The molecule has 36 heavy (non-hydrogen) atoms. The molecule has 0 N–H and O–H groups in total. The molecule has 2 fully saturated rings. The Balaban J connectivity index is 1.38. The Bertz CT molecular complexity index is 1030. The molecule has 2 aliphatic rings. The maximum Gasteiger partial charge on any atom is -0.00976 e. The van der Waals surface area contributed by atoms with Gasteiger partial charge in [-0.15, -0.1) is 0 Å². The highest BCUT2D eigenvalue weighted by molar-refractivity contribution is 7.74. The third-order valence-electron chi connectivity index (χ3n) is 8.41. The molecule has 0 bridgehead atoms. The molecule has 0 spiro atoms. The van der Waals surface area contributed by atoms with Crippen LogP contribution in [0.1, 0.15) is 38.5 Å². The predicted molar refractivity (Wildman–Crippen MR) is 160 cm³/mol. The van der Waals surface area contributed by atoms with Gasteiger partial charge in [0.15, 0.2) is 0 Å². The van der Waals surface area contributed by atoms with E-state index in [4.69, 9.17) is 0 Å². The van der Waals surface area contributed by atoms with E-state index in [-0.39, 0.29) is 15.8 Å². The SMILES string of the molecule is c1ccc(P(c2ccccc2)[C@H]2CCC[C@H]2[C@@H]2CCC[C@@H]2P(c2ccccc2)c2ccccc2)cc1. The maximum atomic E-state index is 2.40. The molecule has 2 aliphatic carbocycles. The highest BCUT2D eigenvalue weighted by Gasteiger charge is 2.46. The highest BCUT2D eigenvalue weighted by Crippen LogP contribution is 2.59. The average molecular weight is 507 g/mol. The summed E-state index contributed by atoms with van der Waals surface area (Å²) in [6, 6.07) is 45.9. The van der Waals surface area contributed by atoms with Gasteiger partial charge in [-0.05, 0) is 85.9 Å². The zero-order valence-corrected chi connectivity index (χ0v) is 22.8. The van der Waals surface area contributed by atoms with Gasteiger partial charge in [0.05, 0.1) is 0 Å². The van der Waals surface area contributed by atoms with Crippen molar-refractivity contribution in [3.05, 3.63) is 121 Å². The van der Waals surface area contributed by atoms with Gasteiger partial charge in [0.1, 0.15) is 0 Å². The van der Waals surface area contributed by atoms with E-state index in [0.29, 0.717) is 0 Å². The van der Waals surface area contributed by atoms with Crippen LogP contribution in [0, 0.1) is 11.8 Å². The minimum Gasteiger partial charge on any atom is -0.0622 e. The molecular weight excluding hydrogens is 470 g/mol. The summed E-state index contributed by atoms with van der Waals surface area (Å²) in [5, 5.41) is 6.27. The fraction of sp³-hybridized carbons (Fsp3) is 0.294. The molecule has 0 saturated heterocycles. The summed E-state index contributed by atoms with van der Waals surface area (Å²) in [5.74, 6) is 1.67. The van der Waals surface area contributed by atoms with Crippen LogP contribution >= 0.6 is 15.8 Å². The summed E-state index contributed by atoms with van der Waals surface area (Å²) < 4.78 is 0. The molecule has 0 heterocycles. The Morgan fingerprint density at radius 3 is 0.917 bits per heavy atom. The Morgan fingerprint density at radius 2 is 0.639 bits per heavy atom. The van der Waals surface area contributed by atoms with Crippen LogP contribution in [0.3, 0.4) is 0 Å². The van der Waals surface area contributed by atoms with Crippen LogP contribution in [0.5, 0.6) is 0 Å². The predicted octanol–water partition coefficient (Wildman–Crippen LogP) is 7.59. The summed E-state index contributed by atoms with van der Waals surface area (Å²) >= 11 is 0. The number of benzene rings is 4. The van der Waals surface area contributed by atoms with Crippen molar-refractivity contribution < 1.29 is 0 Å². The lowest BCUT2D eigenvalue weighted by Crippen LogP contribution is -2.34. The quantitative estimate of drug-likeness (QED) is 0.227. The van der Waals surface area contributed by atoms with E-state index in [0.717, 1.165) is 23.2 Å². The van der Waals surface area contributed by atoms with Gasteiger partial charge in [-0.2, -0.15) is 0 Å². The zero-order valence-electron chi connectivity index (χ0n) is 21.0. The summed E-state index contributed by atoms with van der Waals surface area (Å²) in [4.78, 5) is 0. The Labute approximate surface area is 219 Å². The van der Waals surface area contributed by atoms with Crippen LogP contribution in [-0.4, -0.2) is 11.3 Å². The molecule has 6 rings (SSSR count). The second kappa shape index (κ2) is 11.4. The van der Waals surface area contributed by atoms with Crippen LogP contribution in [0.15, 0.2) is 121 Å². The minimum atomic E-state index is -0.347. The van der Waals surface area contributed by atoms with Gasteiger partial charge in [0.2, 0.25) is 0 Å². The van der Waals surface area contributed by atoms with Crippen molar-refractivity contribution in [3.63, 3.8) is 0 Å². The first-order valence-electron chi connectivity index (χ1n) is 13.7. The van der Waals surface area contributed by atoms with Crippen molar-refractivity contribution in [1.29, 1.82) is 0 Å². The van der Waals surface area contributed by atoms with Gasteiger partial charge in [0.25, 0.3) is 0 Å². The van der Waals surface area contributed by atoms with Gasteiger partial charge in [0, 0.05) is 0 Å². The van der Waals surface area contributed by atoms with Crippen molar-refractivity contribution in [2.45, 2.75) is 49.8 Å². The van der Waals surface area contributed by atoms with Crippen LogP contribution in [0.4, 0.5) is 0 Å². The fourth-order valence-electron chi connectivity index (χ4n) is 7.00. The van der Waals surface area contributed by atoms with Crippen LogP contribution in [-0.2, 0) is 0 Å². The minimum absolute atomic E-state index is 0.347. The Morgan fingerprint density at radius 1 is 0.361 bits per heavy atom. The Hall–Kier alpha value is -2.26. The Kier molecular flexibility index (Phi) is 7.65. The molecule has 0 amide bonds. The van der Waals surface area contributed by atoms with Gasteiger partial charge >= 0.3 is 0 Å². The lowest BCUT2D eigenvalue weighted by molar-refractivity contribution is 0.358. The third-order valence-corrected chi connectivity index (χ3v) is 14.4. The molecule has 0 aliphatic heterocycles. The van der Waals surface area contributed by atoms with E-state index in [1.165, 1.54) is 38.5 Å². The van der Waals surface area contributed by atoms with Gasteiger partial charge in [-0.25, -0.2) is 0 Å². The lowest BCUT2D eigenvalue weighted by Gasteiger charge is -2.38. The van der Waals surface area contributed by atoms with Crippen molar-refractivity contribution >= 4 is 37.1 Å².